The number of aromatic nitrogens is 1. The molecule has 0 saturated heterocycles. The number of nitrogens with zero attached hydrogens (tertiary/aromatic N) is 2. The molecule has 0 fully saturated rings. The normalized spacial score (nSPS) is 13.7. The van der Waals surface area contributed by atoms with Crippen molar-refractivity contribution in [3.63, 3.8) is 0 Å². The summed E-state index contributed by atoms with van der Waals surface area (Å²) in [6, 6.07) is 17.1. The average Bonchev–Trinajstić information content (AvgIpc) is 3.59. The lowest BCUT2D eigenvalue weighted by atomic mass is 10.00. The van der Waals surface area contributed by atoms with Gasteiger partial charge in [-0.3, -0.25) is 34.1 Å². The van der Waals surface area contributed by atoms with E-state index in [2.05, 4.69) is 31.7 Å². The van der Waals surface area contributed by atoms with Crippen molar-refractivity contribution in [2.24, 2.45) is 5.92 Å². The predicted molar refractivity (Wildman–Crippen MR) is 202 cm³/mol. The van der Waals surface area contributed by atoms with E-state index in [0.29, 0.717) is 16.9 Å². The van der Waals surface area contributed by atoms with Gasteiger partial charge < -0.3 is 36.2 Å². The number of hydrogen-bond acceptors (Lipinski definition) is 10. The van der Waals surface area contributed by atoms with Crippen LogP contribution in [-0.2, 0) is 32.0 Å². The lowest BCUT2D eigenvalue weighted by molar-refractivity contribution is -0.384. The summed E-state index contributed by atoms with van der Waals surface area (Å²) in [7, 11) is 0. The van der Waals surface area contributed by atoms with Crippen LogP contribution in [0.25, 0.3) is 0 Å². The Labute approximate surface area is 321 Å². The molecule has 5 amide bonds. The Morgan fingerprint density at radius 1 is 0.764 bits per heavy atom. The van der Waals surface area contributed by atoms with E-state index in [1.807, 2.05) is 0 Å². The van der Waals surface area contributed by atoms with Crippen molar-refractivity contribution in [3.05, 3.63) is 123 Å². The lowest BCUT2D eigenvalue weighted by Gasteiger charge is -2.28. The highest BCUT2D eigenvalue weighted by Gasteiger charge is 2.34. The van der Waals surface area contributed by atoms with E-state index in [-0.39, 0.29) is 34.9 Å². The minimum atomic E-state index is -1.60. The maximum absolute atomic E-state index is 13.9. The van der Waals surface area contributed by atoms with E-state index >= 15 is 0 Å². The largest absolute Gasteiger partial charge is 0.391 e. The van der Waals surface area contributed by atoms with Crippen LogP contribution in [0, 0.1) is 23.0 Å². The molecule has 3 aromatic carbocycles. The summed E-state index contributed by atoms with van der Waals surface area (Å²) in [4.78, 5) is 78.4. The van der Waals surface area contributed by atoms with Gasteiger partial charge in [-0.2, -0.15) is 0 Å². The number of rotatable bonds is 17. The number of aryl methyl sites for hydroxylation is 1. The van der Waals surface area contributed by atoms with Crippen molar-refractivity contribution < 1.29 is 38.5 Å². The van der Waals surface area contributed by atoms with E-state index in [1.54, 1.807) is 81.4 Å². The first-order chi connectivity index (χ1) is 26.1. The van der Waals surface area contributed by atoms with Crippen molar-refractivity contribution >= 4 is 52.5 Å². The van der Waals surface area contributed by atoms with Gasteiger partial charge >= 0.3 is 0 Å². The second kappa shape index (κ2) is 19.3. The number of benzene rings is 3. The van der Waals surface area contributed by atoms with Crippen molar-refractivity contribution in [2.75, 3.05) is 5.32 Å². The molecule has 4 aromatic rings. The van der Waals surface area contributed by atoms with Crippen LogP contribution in [0.4, 0.5) is 11.4 Å². The number of aliphatic hydroxyl groups excluding tert-OH is 1. The van der Waals surface area contributed by atoms with Crippen LogP contribution in [-0.4, -0.2) is 75.0 Å². The molecule has 290 valence electrons. The van der Waals surface area contributed by atoms with Crippen molar-refractivity contribution in [2.45, 2.75) is 70.8 Å². The summed E-state index contributed by atoms with van der Waals surface area (Å²) in [5.41, 5.74) is 1.05. The monoisotopic (exact) mass is 775 g/mol. The topological polar surface area (TPSA) is 235 Å². The number of anilines is 1. The van der Waals surface area contributed by atoms with Crippen molar-refractivity contribution in [1.82, 2.24) is 26.4 Å². The number of hydrogen-bond donors (Lipinski definition) is 6. The molecule has 0 saturated carbocycles. The number of nitro benzene ring substituents is 1. The first-order valence-corrected chi connectivity index (χ1v) is 17.7. The fourth-order valence-electron chi connectivity index (χ4n) is 5.46. The smallest absolute Gasteiger partial charge is 0.274 e. The number of halogens is 1. The summed E-state index contributed by atoms with van der Waals surface area (Å²) in [6.45, 7) is 6.29. The zero-order valence-corrected chi connectivity index (χ0v) is 31.2. The SMILES string of the molecule is Cc1cc(C(=O)N[C@H](C(=O)N[C@@H](Cc2ccccc2)C(=O)N[C@H](C(=O)N[C@@H](Cc2ccccc2)C(=O)Nc2ccc([N+](=O)[O-])cc2Cl)C(C)O)C(C)C)no1. The van der Waals surface area contributed by atoms with Crippen LogP contribution >= 0.6 is 11.6 Å². The fourth-order valence-corrected chi connectivity index (χ4v) is 5.68. The quantitative estimate of drug-likeness (QED) is 0.0677. The number of nitrogens with one attached hydrogen (secondary N) is 5. The molecule has 0 bridgehead atoms. The zero-order valence-electron chi connectivity index (χ0n) is 30.4. The molecule has 1 aromatic heterocycles. The number of non-ortho nitro benzene ring substituents is 1. The molecule has 17 heteroatoms. The van der Waals surface area contributed by atoms with Crippen LogP contribution in [0.2, 0.25) is 5.02 Å². The molecule has 0 spiro atoms. The number of carbonyl (C=O) groups excluding carboxylic acids is 5. The van der Waals surface area contributed by atoms with Gasteiger partial charge in [0.2, 0.25) is 23.6 Å². The fraction of sp³-hybridized carbons (Fsp3) is 0.316. The average molecular weight is 776 g/mol. The molecule has 4 rings (SSSR count). The molecule has 16 nitrogen and oxygen atoms in total. The highest BCUT2D eigenvalue weighted by molar-refractivity contribution is 6.34. The highest BCUT2D eigenvalue weighted by atomic mass is 35.5. The van der Waals surface area contributed by atoms with E-state index < -0.39 is 70.6 Å². The Morgan fingerprint density at radius 3 is 1.78 bits per heavy atom. The Bertz CT molecular complexity index is 1990. The van der Waals surface area contributed by atoms with Gasteiger partial charge in [0, 0.05) is 31.0 Å². The second-order valence-corrected chi connectivity index (χ2v) is 13.6. The third-order valence-corrected chi connectivity index (χ3v) is 8.72. The Morgan fingerprint density at radius 2 is 1.31 bits per heavy atom. The van der Waals surface area contributed by atoms with Gasteiger partial charge in [0.15, 0.2) is 5.69 Å². The number of aliphatic hydroxyl groups is 1. The maximum Gasteiger partial charge on any atom is 0.274 e. The molecule has 0 aliphatic rings. The van der Waals surface area contributed by atoms with Crippen LogP contribution in [0.1, 0.15) is 48.1 Å². The minimum Gasteiger partial charge on any atom is -0.391 e. The maximum atomic E-state index is 13.9. The summed E-state index contributed by atoms with van der Waals surface area (Å²) in [5, 5.41) is 38.5. The molecule has 0 radical (unpaired) electrons. The van der Waals surface area contributed by atoms with Gasteiger partial charge in [0.1, 0.15) is 29.9 Å². The lowest BCUT2D eigenvalue weighted by Crippen LogP contribution is -2.61. The molecule has 0 aliphatic heterocycles. The number of carbonyl (C=O) groups is 5. The standard InChI is InChI=1S/C38H42ClN7O9/c1-21(2)32(43-36(50)31-17-22(3)55-45-31)37(51)41-30(19-25-13-9-6-10-14-25)35(49)44-33(23(4)47)38(52)42-29(18-24-11-7-5-8-12-24)34(48)40-28-16-15-26(46(53)54)20-27(28)39/h5-17,20-21,23,29-30,32-33,47H,18-19H2,1-4H3,(H,40,48)(H,41,51)(H,42,52)(H,43,50)(H,44,49)/t23?,29-,30-,32-,33-/m0/s1. The number of nitro groups is 1. The predicted octanol–water partition coefficient (Wildman–Crippen LogP) is 3.26. The third-order valence-electron chi connectivity index (χ3n) is 8.41. The number of amides is 5. The Kier molecular flexibility index (Phi) is 14.6. The minimum absolute atomic E-state index is 0.0214. The molecule has 55 heavy (non-hydrogen) atoms. The highest BCUT2D eigenvalue weighted by Crippen LogP contribution is 2.27. The van der Waals surface area contributed by atoms with Crippen molar-refractivity contribution in [3.8, 4) is 0 Å². The Balaban J connectivity index is 1.55. The van der Waals surface area contributed by atoms with Crippen molar-refractivity contribution in [1.29, 1.82) is 0 Å². The molecule has 1 unspecified atom stereocenters. The molecule has 5 atom stereocenters. The molecule has 1 heterocycles. The molecule has 0 aliphatic carbocycles. The van der Waals surface area contributed by atoms with Gasteiger partial charge in [0.25, 0.3) is 11.6 Å². The van der Waals surface area contributed by atoms with E-state index in [9.17, 15) is 39.2 Å². The summed E-state index contributed by atoms with van der Waals surface area (Å²) >= 11 is 6.21. The van der Waals surface area contributed by atoms with Crippen LogP contribution in [0.5, 0.6) is 0 Å². The first kappa shape index (κ1) is 41.6. The summed E-state index contributed by atoms with van der Waals surface area (Å²) in [5.74, 6) is -3.88. The molecule has 6 N–H and O–H groups in total. The third kappa shape index (κ3) is 11.9. The Hall–Kier alpha value is -6.13. The van der Waals surface area contributed by atoms with Gasteiger partial charge in [-0.15, -0.1) is 0 Å². The van der Waals surface area contributed by atoms with E-state index in [0.717, 1.165) is 12.1 Å². The van der Waals surface area contributed by atoms with Gasteiger partial charge in [-0.25, -0.2) is 0 Å². The van der Waals surface area contributed by atoms with Crippen LogP contribution in [0.3, 0.4) is 0 Å². The molecular weight excluding hydrogens is 734 g/mol. The van der Waals surface area contributed by atoms with E-state index in [4.69, 9.17) is 16.1 Å². The van der Waals surface area contributed by atoms with Gasteiger partial charge in [-0.05, 0) is 37.0 Å². The van der Waals surface area contributed by atoms with E-state index in [1.165, 1.54) is 19.1 Å². The van der Waals surface area contributed by atoms with Crippen LogP contribution in [0.15, 0.2) is 89.5 Å². The zero-order chi connectivity index (χ0) is 40.2. The summed E-state index contributed by atoms with van der Waals surface area (Å²) < 4.78 is 4.97. The van der Waals surface area contributed by atoms with Gasteiger partial charge in [0.05, 0.1) is 21.7 Å². The summed E-state index contributed by atoms with van der Waals surface area (Å²) in [6.07, 6.45) is -1.52. The van der Waals surface area contributed by atoms with Crippen LogP contribution < -0.4 is 26.6 Å². The van der Waals surface area contributed by atoms with Gasteiger partial charge in [-0.1, -0.05) is 91.3 Å². The second-order valence-electron chi connectivity index (χ2n) is 13.2. The molecular formula is C38H42ClN7O9. The first-order valence-electron chi connectivity index (χ1n) is 17.3.